The van der Waals surface area contributed by atoms with Crippen molar-refractivity contribution in [2.45, 2.75) is 19.8 Å². The van der Waals surface area contributed by atoms with E-state index in [-0.39, 0.29) is 0 Å². The van der Waals surface area contributed by atoms with E-state index in [0.717, 1.165) is 10.5 Å². The summed E-state index contributed by atoms with van der Waals surface area (Å²) >= 11 is 5.70. The molecular weight excluding hydrogens is 134 g/mol. The van der Waals surface area contributed by atoms with Crippen LogP contribution in [0, 0.1) is 0 Å². The van der Waals surface area contributed by atoms with Gasteiger partial charge in [0.1, 0.15) is 0 Å². The van der Waals surface area contributed by atoms with Gasteiger partial charge in [-0.3, -0.25) is 0 Å². The van der Waals surface area contributed by atoms with Crippen LogP contribution in [-0.2, 0) is 0 Å². The molecule has 0 aromatic rings. The zero-order valence-corrected chi connectivity index (χ0v) is 7.41. The summed E-state index contributed by atoms with van der Waals surface area (Å²) in [6, 6.07) is 0.722. The first-order valence-corrected chi connectivity index (χ1v) is 4.04. The summed E-state index contributed by atoms with van der Waals surface area (Å²) in [4.78, 5) is 0. The molecule has 0 fully saturated rings. The first-order chi connectivity index (χ1) is 4.12. The number of rotatable bonds is 4. The molecule has 0 radical (unpaired) electrons. The number of hydrogen-bond donors (Lipinski definition) is 0. The van der Waals surface area contributed by atoms with E-state index in [1.54, 1.807) is 0 Å². The standard InChI is InChI=1S/C7H17ClN/c1-4-5-6-9(2,3)7-8/h4-7H2,1-3H3/q+1. The SMILES string of the molecule is CCCC[N+](C)(C)CCl. The minimum absolute atomic E-state index is 0.722. The maximum Gasteiger partial charge on any atom is 0.154 e. The summed E-state index contributed by atoms with van der Waals surface area (Å²) in [5, 5.41) is 0. The van der Waals surface area contributed by atoms with Crippen molar-refractivity contribution in [2.24, 2.45) is 0 Å². The second-order valence-electron chi connectivity index (χ2n) is 3.13. The van der Waals surface area contributed by atoms with Crippen molar-refractivity contribution >= 4 is 11.6 Å². The molecule has 0 bridgehead atoms. The number of hydrogen-bond acceptors (Lipinski definition) is 0. The second kappa shape index (κ2) is 4.13. The van der Waals surface area contributed by atoms with E-state index >= 15 is 0 Å². The molecule has 9 heavy (non-hydrogen) atoms. The minimum Gasteiger partial charge on any atom is -0.316 e. The average molecular weight is 151 g/mol. The molecule has 0 aromatic carbocycles. The molecule has 0 aliphatic rings. The van der Waals surface area contributed by atoms with Crippen LogP contribution in [0.2, 0.25) is 0 Å². The molecule has 0 unspecified atom stereocenters. The zero-order valence-electron chi connectivity index (χ0n) is 6.65. The van der Waals surface area contributed by atoms with Gasteiger partial charge in [-0.25, -0.2) is 0 Å². The van der Waals surface area contributed by atoms with Crippen LogP contribution >= 0.6 is 11.6 Å². The predicted octanol–water partition coefficient (Wildman–Crippen LogP) is 2.06. The third-order valence-corrected chi connectivity index (χ3v) is 2.09. The summed E-state index contributed by atoms with van der Waals surface area (Å²) in [6.07, 6.45) is 2.54. The molecule has 0 rings (SSSR count). The maximum atomic E-state index is 5.70. The van der Waals surface area contributed by atoms with Gasteiger partial charge in [0.25, 0.3) is 0 Å². The van der Waals surface area contributed by atoms with E-state index in [4.69, 9.17) is 11.6 Å². The third-order valence-electron chi connectivity index (χ3n) is 1.44. The normalized spacial score (nSPS) is 12.0. The lowest BCUT2D eigenvalue weighted by Crippen LogP contribution is -2.38. The molecule has 0 amide bonds. The summed E-state index contributed by atoms with van der Waals surface area (Å²) in [5.41, 5.74) is 0. The van der Waals surface area contributed by atoms with E-state index in [1.807, 2.05) is 0 Å². The van der Waals surface area contributed by atoms with Crippen molar-refractivity contribution in [1.82, 2.24) is 0 Å². The lowest BCUT2D eigenvalue weighted by Gasteiger charge is -2.26. The Kier molecular flexibility index (Phi) is 4.24. The number of halogens is 1. The van der Waals surface area contributed by atoms with E-state index in [1.165, 1.54) is 19.4 Å². The molecule has 0 aliphatic carbocycles. The highest BCUT2D eigenvalue weighted by Crippen LogP contribution is 2.02. The molecule has 0 N–H and O–H groups in total. The lowest BCUT2D eigenvalue weighted by molar-refractivity contribution is -0.879. The van der Waals surface area contributed by atoms with Gasteiger partial charge in [0.05, 0.1) is 20.6 Å². The van der Waals surface area contributed by atoms with Crippen LogP contribution in [0.1, 0.15) is 19.8 Å². The van der Waals surface area contributed by atoms with E-state index < -0.39 is 0 Å². The van der Waals surface area contributed by atoms with Crippen molar-refractivity contribution in [2.75, 3.05) is 26.6 Å². The van der Waals surface area contributed by atoms with Gasteiger partial charge >= 0.3 is 0 Å². The van der Waals surface area contributed by atoms with Crippen LogP contribution in [0.5, 0.6) is 0 Å². The molecule has 1 nitrogen and oxygen atoms in total. The Morgan fingerprint density at radius 2 is 1.89 bits per heavy atom. The zero-order chi connectivity index (χ0) is 7.33. The fraction of sp³-hybridized carbons (Fsp3) is 1.00. The van der Waals surface area contributed by atoms with Crippen LogP contribution < -0.4 is 0 Å². The maximum absolute atomic E-state index is 5.70. The Morgan fingerprint density at radius 3 is 2.22 bits per heavy atom. The van der Waals surface area contributed by atoms with Crippen molar-refractivity contribution < 1.29 is 4.48 Å². The molecule has 0 heterocycles. The second-order valence-corrected chi connectivity index (χ2v) is 3.37. The van der Waals surface area contributed by atoms with Crippen molar-refractivity contribution in [3.05, 3.63) is 0 Å². The number of nitrogens with zero attached hydrogens (tertiary/aromatic N) is 1. The molecule has 0 aliphatic heterocycles. The molecule has 0 atom stereocenters. The highest BCUT2D eigenvalue weighted by molar-refractivity contribution is 6.16. The van der Waals surface area contributed by atoms with E-state index in [0.29, 0.717) is 0 Å². The molecule has 56 valence electrons. The van der Waals surface area contributed by atoms with Crippen LogP contribution in [0.4, 0.5) is 0 Å². The average Bonchev–Trinajstić information content (AvgIpc) is 1.84. The van der Waals surface area contributed by atoms with E-state index in [2.05, 4.69) is 21.0 Å². The van der Waals surface area contributed by atoms with Crippen LogP contribution in [0.15, 0.2) is 0 Å². The number of alkyl halides is 1. The predicted molar refractivity (Wildman–Crippen MR) is 42.6 cm³/mol. The summed E-state index contributed by atoms with van der Waals surface area (Å²) < 4.78 is 0.940. The van der Waals surface area contributed by atoms with Gasteiger partial charge in [0.2, 0.25) is 0 Å². The summed E-state index contributed by atoms with van der Waals surface area (Å²) in [5.74, 6) is 0. The van der Waals surface area contributed by atoms with Crippen LogP contribution in [0.3, 0.4) is 0 Å². The fourth-order valence-corrected chi connectivity index (χ4v) is 0.765. The third kappa shape index (κ3) is 4.73. The van der Waals surface area contributed by atoms with Crippen LogP contribution in [-0.4, -0.2) is 31.1 Å². The Hall–Kier alpha value is 0.250. The molecule has 2 heteroatoms. The smallest absolute Gasteiger partial charge is 0.154 e. The Bertz CT molecular complexity index is 71.3. The van der Waals surface area contributed by atoms with Crippen molar-refractivity contribution in [1.29, 1.82) is 0 Å². The first kappa shape index (κ1) is 9.25. The Morgan fingerprint density at radius 1 is 1.33 bits per heavy atom. The molecule has 0 aromatic heterocycles. The van der Waals surface area contributed by atoms with Gasteiger partial charge in [-0.15, -0.1) is 0 Å². The summed E-state index contributed by atoms with van der Waals surface area (Å²) in [7, 11) is 4.31. The highest BCUT2D eigenvalue weighted by atomic mass is 35.5. The van der Waals surface area contributed by atoms with Crippen molar-refractivity contribution in [3.63, 3.8) is 0 Å². The van der Waals surface area contributed by atoms with Crippen LogP contribution in [0.25, 0.3) is 0 Å². The van der Waals surface area contributed by atoms with Gasteiger partial charge in [0.15, 0.2) is 6.00 Å². The van der Waals surface area contributed by atoms with E-state index in [9.17, 15) is 0 Å². The quantitative estimate of drug-likeness (QED) is 0.327. The highest BCUT2D eigenvalue weighted by Gasteiger charge is 2.10. The molecule has 0 saturated carbocycles. The largest absolute Gasteiger partial charge is 0.316 e. The molecule has 0 saturated heterocycles. The summed E-state index contributed by atoms with van der Waals surface area (Å²) in [6.45, 7) is 3.40. The lowest BCUT2D eigenvalue weighted by atomic mass is 10.3. The molecular formula is C7H17ClN+. The Balaban J connectivity index is 3.33. The minimum atomic E-state index is 0.722. The van der Waals surface area contributed by atoms with Gasteiger partial charge < -0.3 is 4.48 Å². The Labute approximate surface area is 63.2 Å². The number of quaternary nitrogens is 1. The molecule has 0 spiro atoms. The fourth-order valence-electron chi connectivity index (χ4n) is 0.646. The topological polar surface area (TPSA) is 0 Å². The van der Waals surface area contributed by atoms with Gasteiger partial charge in [-0.1, -0.05) is 24.9 Å². The monoisotopic (exact) mass is 150 g/mol. The van der Waals surface area contributed by atoms with Gasteiger partial charge in [0, 0.05) is 0 Å². The first-order valence-electron chi connectivity index (χ1n) is 3.50. The van der Waals surface area contributed by atoms with Gasteiger partial charge in [-0.05, 0) is 6.42 Å². The van der Waals surface area contributed by atoms with Gasteiger partial charge in [-0.2, -0.15) is 0 Å². The number of unbranched alkanes of at least 4 members (excludes halogenated alkanes) is 1. The van der Waals surface area contributed by atoms with Crippen molar-refractivity contribution in [3.8, 4) is 0 Å².